The summed E-state index contributed by atoms with van der Waals surface area (Å²) in [6, 6.07) is 0. The fraction of sp³-hybridized carbons (Fsp3) is 0.400. The molecule has 5 heteroatoms. The topological polar surface area (TPSA) is 56.5 Å². The molecule has 0 radical (unpaired) electrons. The van der Waals surface area contributed by atoms with Crippen LogP contribution in [0.2, 0.25) is 0 Å². The highest BCUT2D eigenvalue weighted by atomic mass is 15.5. The molecule has 0 unspecified atom stereocenters. The molecule has 3 rings (SSSR count). The monoisotopic (exact) mass is 201 g/mol. The van der Waals surface area contributed by atoms with E-state index in [1.807, 2.05) is 24.0 Å². The maximum absolute atomic E-state index is 4.35. The van der Waals surface area contributed by atoms with Gasteiger partial charge in [-0.2, -0.15) is 0 Å². The smallest absolute Gasteiger partial charge is 0.108 e. The second-order valence-electron chi connectivity index (χ2n) is 3.93. The van der Waals surface area contributed by atoms with Crippen molar-refractivity contribution in [2.75, 3.05) is 0 Å². The zero-order chi connectivity index (χ0) is 10.3. The van der Waals surface area contributed by atoms with E-state index in [1.165, 1.54) is 0 Å². The molecule has 1 aliphatic rings. The van der Waals surface area contributed by atoms with Crippen molar-refractivity contribution < 1.29 is 0 Å². The third-order valence-corrected chi connectivity index (χ3v) is 2.81. The van der Waals surface area contributed by atoms with Gasteiger partial charge in [-0.05, 0) is 19.8 Å². The van der Waals surface area contributed by atoms with Crippen LogP contribution in [0.3, 0.4) is 0 Å². The molecule has 1 fully saturated rings. The number of aryl methyl sites for hydroxylation is 1. The molecule has 76 valence electrons. The minimum Gasteiger partial charge on any atom is -0.261 e. The van der Waals surface area contributed by atoms with E-state index in [-0.39, 0.29) is 5.54 Å². The van der Waals surface area contributed by atoms with Crippen LogP contribution in [0.1, 0.15) is 24.2 Å². The Morgan fingerprint density at radius 2 is 2.20 bits per heavy atom. The molecule has 2 aromatic rings. The molecule has 0 N–H and O–H groups in total. The number of hydrogen-bond acceptors (Lipinski definition) is 4. The normalized spacial score (nSPS) is 17.7. The molecular weight excluding hydrogens is 190 g/mol. The third kappa shape index (κ3) is 1.23. The Balaban J connectivity index is 2.05. The van der Waals surface area contributed by atoms with Crippen LogP contribution in [0.15, 0.2) is 24.8 Å². The Kier molecular flexibility index (Phi) is 1.62. The van der Waals surface area contributed by atoms with Crippen LogP contribution in [-0.2, 0) is 5.54 Å². The van der Waals surface area contributed by atoms with Crippen LogP contribution in [-0.4, -0.2) is 25.0 Å². The summed E-state index contributed by atoms with van der Waals surface area (Å²) in [7, 11) is 0. The Bertz CT molecular complexity index is 472. The van der Waals surface area contributed by atoms with Crippen LogP contribution >= 0.6 is 0 Å². The van der Waals surface area contributed by atoms with E-state index in [0.717, 1.165) is 24.2 Å². The van der Waals surface area contributed by atoms with E-state index in [9.17, 15) is 0 Å². The van der Waals surface area contributed by atoms with Gasteiger partial charge in [0.15, 0.2) is 0 Å². The van der Waals surface area contributed by atoms with Gasteiger partial charge in [-0.3, -0.25) is 9.97 Å². The average Bonchev–Trinajstić information content (AvgIpc) is 2.98. The zero-order valence-corrected chi connectivity index (χ0v) is 8.46. The van der Waals surface area contributed by atoms with Crippen LogP contribution < -0.4 is 0 Å². The molecule has 1 aliphatic carbocycles. The summed E-state index contributed by atoms with van der Waals surface area (Å²) in [5.74, 6) is 0. The Hall–Kier alpha value is -1.78. The molecule has 0 bridgehead atoms. The largest absolute Gasteiger partial charge is 0.261 e. The summed E-state index contributed by atoms with van der Waals surface area (Å²) in [6.07, 6.45) is 9.31. The molecule has 2 heterocycles. The number of rotatable bonds is 2. The third-order valence-electron chi connectivity index (χ3n) is 2.81. The maximum Gasteiger partial charge on any atom is 0.108 e. The fourth-order valence-corrected chi connectivity index (χ4v) is 1.82. The highest BCUT2D eigenvalue weighted by molar-refractivity contribution is 5.22. The molecule has 0 aromatic carbocycles. The predicted molar refractivity (Wildman–Crippen MR) is 53.1 cm³/mol. The van der Waals surface area contributed by atoms with Gasteiger partial charge in [-0.1, -0.05) is 5.21 Å². The summed E-state index contributed by atoms with van der Waals surface area (Å²) in [6.45, 7) is 1.94. The number of nitrogens with zero attached hydrogens (tertiary/aromatic N) is 5. The van der Waals surface area contributed by atoms with Gasteiger partial charge in [0.2, 0.25) is 0 Å². The second kappa shape index (κ2) is 2.85. The van der Waals surface area contributed by atoms with Gasteiger partial charge in [0.25, 0.3) is 0 Å². The lowest BCUT2D eigenvalue weighted by atomic mass is 10.2. The Morgan fingerprint density at radius 1 is 1.33 bits per heavy atom. The zero-order valence-electron chi connectivity index (χ0n) is 8.46. The van der Waals surface area contributed by atoms with Crippen molar-refractivity contribution in [3.8, 4) is 0 Å². The van der Waals surface area contributed by atoms with Gasteiger partial charge in [0.05, 0.1) is 17.6 Å². The molecule has 5 nitrogen and oxygen atoms in total. The van der Waals surface area contributed by atoms with Crippen LogP contribution in [0.5, 0.6) is 0 Å². The van der Waals surface area contributed by atoms with Crippen molar-refractivity contribution in [3.63, 3.8) is 0 Å². The maximum atomic E-state index is 4.35. The van der Waals surface area contributed by atoms with E-state index in [2.05, 4.69) is 20.3 Å². The predicted octanol–water partition coefficient (Wildman–Crippen LogP) is 0.914. The van der Waals surface area contributed by atoms with E-state index in [1.54, 1.807) is 12.4 Å². The van der Waals surface area contributed by atoms with Crippen molar-refractivity contribution in [2.45, 2.75) is 25.3 Å². The first-order valence-electron chi connectivity index (χ1n) is 4.97. The first kappa shape index (κ1) is 8.52. The van der Waals surface area contributed by atoms with Crippen molar-refractivity contribution in [2.24, 2.45) is 0 Å². The summed E-state index contributed by atoms with van der Waals surface area (Å²) in [4.78, 5) is 8.45. The van der Waals surface area contributed by atoms with Gasteiger partial charge < -0.3 is 0 Å². The quantitative estimate of drug-likeness (QED) is 0.724. The highest BCUT2D eigenvalue weighted by Crippen LogP contribution is 2.47. The molecule has 0 saturated heterocycles. The van der Waals surface area contributed by atoms with Gasteiger partial charge in [-0.25, -0.2) is 4.68 Å². The summed E-state index contributed by atoms with van der Waals surface area (Å²) < 4.78 is 1.91. The first-order chi connectivity index (χ1) is 7.31. The minimum atomic E-state index is -0.0739. The molecule has 0 aliphatic heterocycles. The van der Waals surface area contributed by atoms with Gasteiger partial charge in [-0.15, -0.1) is 5.10 Å². The van der Waals surface area contributed by atoms with Crippen molar-refractivity contribution >= 4 is 0 Å². The van der Waals surface area contributed by atoms with Gasteiger partial charge in [0.1, 0.15) is 5.54 Å². The van der Waals surface area contributed by atoms with Gasteiger partial charge in [0, 0.05) is 18.6 Å². The summed E-state index contributed by atoms with van der Waals surface area (Å²) >= 11 is 0. The standard InChI is InChI=1S/C10H11N5/c1-8-7-15(14-13-8)10(2-3-10)9-6-11-4-5-12-9/h4-7H,2-3H2,1H3. The lowest BCUT2D eigenvalue weighted by Gasteiger charge is -2.13. The van der Waals surface area contributed by atoms with E-state index in [4.69, 9.17) is 0 Å². The van der Waals surface area contributed by atoms with Crippen LogP contribution in [0.25, 0.3) is 0 Å². The molecule has 0 spiro atoms. The second-order valence-corrected chi connectivity index (χ2v) is 3.93. The first-order valence-corrected chi connectivity index (χ1v) is 4.97. The van der Waals surface area contributed by atoms with E-state index < -0.39 is 0 Å². The van der Waals surface area contributed by atoms with Crippen molar-refractivity contribution in [1.29, 1.82) is 0 Å². The lowest BCUT2D eigenvalue weighted by Crippen LogP contribution is -2.20. The van der Waals surface area contributed by atoms with Crippen LogP contribution in [0.4, 0.5) is 0 Å². The molecule has 0 amide bonds. The van der Waals surface area contributed by atoms with Gasteiger partial charge >= 0.3 is 0 Å². The molecule has 2 aromatic heterocycles. The number of hydrogen-bond donors (Lipinski definition) is 0. The lowest BCUT2D eigenvalue weighted by molar-refractivity contribution is 0.477. The fourth-order valence-electron chi connectivity index (χ4n) is 1.82. The van der Waals surface area contributed by atoms with E-state index >= 15 is 0 Å². The molecule has 0 atom stereocenters. The van der Waals surface area contributed by atoms with Crippen molar-refractivity contribution in [3.05, 3.63) is 36.2 Å². The van der Waals surface area contributed by atoms with E-state index in [0.29, 0.717) is 0 Å². The van der Waals surface area contributed by atoms with Crippen molar-refractivity contribution in [1.82, 2.24) is 25.0 Å². The van der Waals surface area contributed by atoms with Crippen LogP contribution in [0, 0.1) is 6.92 Å². The Morgan fingerprint density at radius 3 is 2.73 bits per heavy atom. The molecule has 1 saturated carbocycles. The Labute approximate surface area is 87.2 Å². The SMILES string of the molecule is Cc1cn(C2(c3cnccn3)CC2)nn1. The summed E-state index contributed by atoms with van der Waals surface area (Å²) in [5.41, 5.74) is 1.84. The highest BCUT2D eigenvalue weighted by Gasteiger charge is 2.49. The molecule has 15 heavy (non-hydrogen) atoms. The molecular formula is C10H11N5. The summed E-state index contributed by atoms with van der Waals surface area (Å²) in [5, 5.41) is 8.14. The average molecular weight is 201 g/mol. The minimum absolute atomic E-state index is 0.0739. The number of aromatic nitrogens is 5.